The molecule has 0 amide bonds. The summed E-state index contributed by atoms with van der Waals surface area (Å²) in [5.41, 5.74) is 6.57. The molecule has 0 saturated carbocycles. The smallest absolute Gasteiger partial charge is 0.146 e. The van der Waals surface area contributed by atoms with Gasteiger partial charge >= 0.3 is 0 Å². The van der Waals surface area contributed by atoms with Crippen molar-refractivity contribution in [3.05, 3.63) is 11.6 Å². The first-order valence-electron chi connectivity index (χ1n) is 5.02. The Bertz CT molecular complexity index is 169. The maximum atomic E-state index is 10.8. The molecule has 0 bridgehead atoms. The largest absolute Gasteiger partial charge is 0.324 e. The molecule has 2 N–H and O–H groups in total. The lowest BCUT2D eigenvalue weighted by Crippen LogP contribution is -2.12. The summed E-state index contributed by atoms with van der Waals surface area (Å²) < 4.78 is 0. The maximum Gasteiger partial charge on any atom is 0.146 e. The Morgan fingerprint density at radius 1 is 1.23 bits per heavy atom. The van der Waals surface area contributed by atoms with Gasteiger partial charge in [-0.1, -0.05) is 18.1 Å². The highest BCUT2D eigenvalue weighted by atomic mass is 16.1. The third-order valence-electron chi connectivity index (χ3n) is 1.94. The molecule has 0 saturated heterocycles. The van der Waals surface area contributed by atoms with Gasteiger partial charge in [-0.05, 0) is 33.1 Å². The van der Waals surface area contributed by atoms with E-state index in [0.717, 1.165) is 19.3 Å². The molecule has 0 aliphatic rings. The van der Waals surface area contributed by atoms with E-state index in [4.69, 9.17) is 5.73 Å². The first-order valence-corrected chi connectivity index (χ1v) is 5.02. The molecule has 0 radical (unpaired) electrons. The third-order valence-corrected chi connectivity index (χ3v) is 1.94. The molecule has 0 fully saturated rings. The lowest BCUT2D eigenvalue weighted by atomic mass is 10.1. The van der Waals surface area contributed by atoms with Crippen LogP contribution in [0.2, 0.25) is 0 Å². The van der Waals surface area contributed by atoms with Gasteiger partial charge in [0.1, 0.15) is 5.78 Å². The Kier molecular flexibility index (Phi) is 7.60. The van der Waals surface area contributed by atoms with Crippen LogP contribution in [0, 0.1) is 0 Å². The van der Waals surface area contributed by atoms with Crippen LogP contribution in [0.3, 0.4) is 0 Å². The fraction of sp³-hybridized carbons (Fsp3) is 0.727. The Labute approximate surface area is 81.2 Å². The summed E-state index contributed by atoms with van der Waals surface area (Å²) in [6.07, 6.45) is 7.35. The molecule has 0 heterocycles. The van der Waals surface area contributed by atoms with E-state index >= 15 is 0 Å². The molecule has 0 aromatic heterocycles. The van der Waals surface area contributed by atoms with Crippen molar-refractivity contribution < 1.29 is 4.79 Å². The Balaban J connectivity index is 3.18. The number of unbranched alkanes of at least 4 members (excludes halogenated alkanes) is 3. The summed E-state index contributed by atoms with van der Waals surface area (Å²) in [5.74, 6) is 0.183. The predicted molar refractivity (Wildman–Crippen MR) is 56.6 cm³/mol. The van der Waals surface area contributed by atoms with Crippen LogP contribution < -0.4 is 5.73 Å². The first kappa shape index (κ1) is 12.4. The highest BCUT2D eigenvalue weighted by Gasteiger charge is 1.96. The number of rotatable bonds is 7. The Morgan fingerprint density at radius 2 is 1.92 bits per heavy atom. The topological polar surface area (TPSA) is 43.1 Å². The van der Waals surface area contributed by atoms with E-state index in [2.05, 4.69) is 19.9 Å². The van der Waals surface area contributed by atoms with Gasteiger partial charge in [0.25, 0.3) is 0 Å². The van der Waals surface area contributed by atoms with E-state index in [1.165, 1.54) is 12.0 Å². The van der Waals surface area contributed by atoms with Crippen LogP contribution in [0.15, 0.2) is 11.6 Å². The number of Topliss-reactive ketones (excluding diaryl/α,β-unsaturated/α-hetero) is 1. The maximum absolute atomic E-state index is 10.8. The van der Waals surface area contributed by atoms with Crippen molar-refractivity contribution in [1.29, 1.82) is 0 Å². The number of hydrogen-bond donors (Lipinski definition) is 1. The molecule has 0 aliphatic carbocycles. The summed E-state index contributed by atoms with van der Waals surface area (Å²) in [5, 5.41) is 0. The first-order chi connectivity index (χ1) is 6.16. The molecule has 76 valence electrons. The molecular weight excluding hydrogens is 162 g/mol. The standard InChI is InChI=1S/C11H21NO/c1-10(2)7-5-3-4-6-8-11(13)9-12/h7H,3-6,8-9,12H2,1-2H3. The van der Waals surface area contributed by atoms with Crippen molar-refractivity contribution in [2.75, 3.05) is 6.54 Å². The molecule has 0 aliphatic heterocycles. The molecular formula is C11H21NO. The van der Waals surface area contributed by atoms with Gasteiger partial charge in [-0.15, -0.1) is 0 Å². The normalized spacial score (nSPS) is 9.77. The van der Waals surface area contributed by atoms with Gasteiger partial charge in [0.2, 0.25) is 0 Å². The Hall–Kier alpha value is -0.630. The zero-order valence-electron chi connectivity index (χ0n) is 8.81. The summed E-state index contributed by atoms with van der Waals surface area (Å²) >= 11 is 0. The number of ketones is 1. The van der Waals surface area contributed by atoms with Crippen LogP contribution in [0.5, 0.6) is 0 Å². The van der Waals surface area contributed by atoms with E-state index < -0.39 is 0 Å². The van der Waals surface area contributed by atoms with Gasteiger partial charge in [0, 0.05) is 6.42 Å². The van der Waals surface area contributed by atoms with Crippen LogP contribution in [-0.4, -0.2) is 12.3 Å². The average Bonchev–Trinajstić information content (AvgIpc) is 2.10. The van der Waals surface area contributed by atoms with Gasteiger partial charge in [-0.2, -0.15) is 0 Å². The van der Waals surface area contributed by atoms with Crippen LogP contribution >= 0.6 is 0 Å². The van der Waals surface area contributed by atoms with Gasteiger partial charge in [-0.25, -0.2) is 0 Å². The van der Waals surface area contributed by atoms with E-state index in [9.17, 15) is 4.79 Å². The predicted octanol–water partition coefficient (Wildman–Crippen LogP) is 2.43. The second kappa shape index (κ2) is 7.99. The molecule has 2 nitrogen and oxygen atoms in total. The van der Waals surface area contributed by atoms with Crippen LogP contribution in [0.4, 0.5) is 0 Å². The van der Waals surface area contributed by atoms with Crippen molar-refractivity contribution in [2.24, 2.45) is 5.73 Å². The highest BCUT2D eigenvalue weighted by Crippen LogP contribution is 2.05. The van der Waals surface area contributed by atoms with Crippen LogP contribution in [0.25, 0.3) is 0 Å². The van der Waals surface area contributed by atoms with Crippen LogP contribution in [-0.2, 0) is 4.79 Å². The summed E-state index contributed by atoms with van der Waals surface area (Å²) in [6, 6.07) is 0. The quantitative estimate of drug-likeness (QED) is 0.486. The van der Waals surface area contributed by atoms with Crippen molar-refractivity contribution in [3.63, 3.8) is 0 Å². The molecule has 0 unspecified atom stereocenters. The second-order valence-corrected chi connectivity index (χ2v) is 3.62. The Morgan fingerprint density at radius 3 is 2.46 bits per heavy atom. The molecule has 0 aromatic carbocycles. The number of allylic oxidation sites excluding steroid dienone is 2. The monoisotopic (exact) mass is 183 g/mol. The molecule has 0 atom stereocenters. The van der Waals surface area contributed by atoms with Crippen LogP contribution in [0.1, 0.15) is 46.0 Å². The number of carbonyl (C=O) groups excluding carboxylic acids is 1. The van der Waals surface area contributed by atoms with E-state index in [1.54, 1.807) is 0 Å². The molecule has 13 heavy (non-hydrogen) atoms. The number of hydrogen-bond acceptors (Lipinski definition) is 2. The lowest BCUT2D eigenvalue weighted by Gasteiger charge is -1.97. The second-order valence-electron chi connectivity index (χ2n) is 3.62. The average molecular weight is 183 g/mol. The van der Waals surface area contributed by atoms with Gasteiger partial charge in [0.05, 0.1) is 6.54 Å². The number of carbonyl (C=O) groups is 1. The minimum Gasteiger partial charge on any atom is -0.324 e. The van der Waals surface area contributed by atoms with Gasteiger partial charge in [-0.3, -0.25) is 4.79 Å². The van der Waals surface area contributed by atoms with E-state index in [0.29, 0.717) is 6.42 Å². The minimum absolute atomic E-state index is 0.183. The molecule has 0 spiro atoms. The SMILES string of the molecule is CC(C)=CCCCCCC(=O)CN. The fourth-order valence-electron chi connectivity index (χ4n) is 1.14. The van der Waals surface area contributed by atoms with Crippen molar-refractivity contribution in [1.82, 2.24) is 0 Å². The zero-order valence-corrected chi connectivity index (χ0v) is 8.81. The highest BCUT2D eigenvalue weighted by molar-refractivity contribution is 5.80. The minimum atomic E-state index is 0.183. The summed E-state index contributed by atoms with van der Waals surface area (Å²) in [4.78, 5) is 10.8. The van der Waals surface area contributed by atoms with E-state index in [1.807, 2.05) is 0 Å². The fourth-order valence-corrected chi connectivity index (χ4v) is 1.14. The molecule has 0 aromatic rings. The lowest BCUT2D eigenvalue weighted by molar-refractivity contribution is -0.117. The summed E-state index contributed by atoms with van der Waals surface area (Å²) in [6.45, 7) is 4.42. The molecule has 2 heteroatoms. The van der Waals surface area contributed by atoms with Gasteiger partial charge in [0.15, 0.2) is 0 Å². The molecule has 0 rings (SSSR count). The summed E-state index contributed by atoms with van der Waals surface area (Å²) in [7, 11) is 0. The zero-order chi connectivity index (χ0) is 10.1. The van der Waals surface area contributed by atoms with E-state index in [-0.39, 0.29) is 12.3 Å². The third kappa shape index (κ3) is 9.28. The van der Waals surface area contributed by atoms with Crippen molar-refractivity contribution in [2.45, 2.75) is 46.0 Å². The van der Waals surface area contributed by atoms with Crippen molar-refractivity contribution >= 4 is 5.78 Å². The van der Waals surface area contributed by atoms with Gasteiger partial charge < -0.3 is 5.73 Å². The number of nitrogens with two attached hydrogens (primary N) is 1. The van der Waals surface area contributed by atoms with Crippen molar-refractivity contribution in [3.8, 4) is 0 Å².